The molecule has 0 N–H and O–H groups in total. The van der Waals surface area contributed by atoms with Crippen molar-refractivity contribution in [2.75, 3.05) is 0 Å². The molecule has 124 valence electrons. The second kappa shape index (κ2) is 7.41. The van der Waals surface area contributed by atoms with Crippen LogP contribution in [0.15, 0.2) is 48.5 Å². The number of rotatable bonds is 4. The highest BCUT2D eigenvalue weighted by Crippen LogP contribution is 2.22. The van der Waals surface area contributed by atoms with Gasteiger partial charge in [0.25, 0.3) is 0 Å². The average molecular weight is 352 g/mol. The number of terminal acetylenes is 1. The summed E-state index contributed by atoms with van der Waals surface area (Å²) >= 11 is 5.76. The summed E-state index contributed by atoms with van der Waals surface area (Å²) in [6, 6.07) is 12.7. The minimum absolute atomic E-state index is 0.174. The lowest BCUT2D eigenvalue weighted by atomic mass is 10.1. The normalized spacial score (nSPS) is 11.0. The molecule has 0 aliphatic rings. The largest absolute Gasteiger partial charge is 0.471 e. The molecule has 0 aliphatic heterocycles. The Labute approximate surface area is 142 Å². The van der Waals surface area contributed by atoms with Gasteiger partial charge in [0.05, 0.1) is 0 Å². The molecule has 1 amide bonds. The summed E-state index contributed by atoms with van der Waals surface area (Å²) in [7, 11) is 0. The van der Waals surface area contributed by atoms with E-state index in [4.69, 9.17) is 18.0 Å². The summed E-state index contributed by atoms with van der Waals surface area (Å²) in [4.78, 5) is 12.5. The van der Waals surface area contributed by atoms with Crippen molar-refractivity contribution < 1.29 is 18.0 Å². The topological polar surface area (TPSA) is 20.3 Å². The second-order valence-corrected chi connectivity index (χ2v) is 5.56. The molecule has 2 rings (SSSR count). The Morgan fingerprint density at radius 2 is 1.46 bits per heavy atom. The lowest BCUT2D eigenvalue weighted by molar-refractivity contribution is -0.186. The van der Waals surface area contributed by atoms with Gasteiger partial charge in [-0.2, -0.15) is 13.2 Å². The molecule has 0 fully saturated rings. The number of nitrogens with zero attached hydrogens (tertiary/aromatic N) is 1. The van der Waals surface area contributed by atoms with Gasteiger partial charge in [0.15, 0.2) is 0 Å². The molecule has 0 spiro atoms. The summed E-state index contributed by atoms with van der Waals surface area (Å²) in [6.07, 6.45) is 0.307. The van der Waals surface area contributed by atoms with Gasteiger partial charge in [0, 0.05) is 23.7 Å². The van der Waals surface area contributed by atoms with Gasteiger partial charge in [-0.15, -0.1) is 6.42 Å². The molecule has 0 bridgehead atoms. The monoisotopic (exact) mass is 351 g/mol. The maximum absolute atomic E-state index is 12.8. The van der Waals surface area contributed by atoms with Crippen molar-refractivity contribution in [1.82, 2.24) is 4.90 Å². The average Bonchev–Trinajstić information content (AvgIpc) is 2.55. The van der Waals surface area contributed by atoms with Gasteiger partial charge in [-0.25, -0.2) is 0 Å². The predicted octanol–water partition coefficient (Wildman–Crippen LogP) is 4.41. The van der Waals surface area contributed by atoms with Crippen molar-refractivity contribution >= 4 is 17.5 Å². The molecule has 0 saturated carbocycles. The fourth-order valence-electron chi connectivity index (χ4n) is 2.12. The number of hydrogen-bond donors (Lipinski definition) is 0. The van der Waals surface area contributed by atoms with Crippen LogP contribution in [0.4, 0.5) is 13.2 Å². The predicted molar refractivity (Wildman–Crippen MR) is 86.1 cm³/mol. The van der Waals surface area contributed by atoms with Gasteiger partial charge in [-0.05, 0) is 35.4 Å². The standard InChI is InChI=1S/C18H13ClF3NO/c1-2-13-3-5-14(6-4-13)11-23(17(24)18(20,21)22)12-15-7-9-16(19)10-8-15/h1,3-10H,11-12H2. The number of hydrogen-bond acceptors (Lipinski definition) is 1. The number of halogens is 4. The van der Waals surface area contributed by atoms with Crippen LogP contribution in [0.5, 0.6) is 0 Å². The zero-order chi connectivity index (χ0) is 17.7. The maximum Gasteiger partial charge on any atom is 0.471 e. The van der Waals surface area contributed by atoms with E-state index in [2.05, 4.69) is 5.92 Å². The van der Waals surface area contributed by atoms with E-state index in [0.717, 1.165) is 4.90 Å². The van der Waals surface area contributed by atoms with Crippen LogP contribution < -0.4 is 0 Å². The van der Waals surface area contributed by atoms with E-state index >= 15 is 0 Å². The van der Waals surface area contributed by atoms with Crippen molar-refractivity contribution in [2.45, 2.75) is 19.3 Å². The van der Waals surface area contributed by atoms with Crippen molar-refractivity contribution in [3.05, 3.63) is 70.2 Å². The zero-order valence-electron chi connectivity index (χ0n) is 12.5. The molecule has 0 aliphatic carbocycles. The maximum atomic E-state index is 12.8. The van der Waals surface area contributed by atoms with Gasteiger partial charge >= 0.3 is 12.1 Å². The highest BCUT2D eigenvalue weighted by molar-refractivity contribution is 6.30. The molecule has 6 heteroatoms. The fraction of sp³-hybridized carbons (Fsp3) is 0.167. The Balaban J connectivity index is 2.23. The minimum atomic E-state index is -4.94. The van der Waals surface area contributed by atoms with Crippen LogP contribution in [0.3, 0.4) is 0 Å². The molecular weight excluding hydrogens is 339 g/mol. The van der Waals surface area contributed by atoms with Crippen LogP contribution in [-0.2, 0) is 17.9 Å². The molecule has 0 unspecified atom stereocenters. The Bertz CT molecular complexity index is 746. The van der Waals surface area contributed by atoms with Gasteiger partial charge in [-0.3, -0.25) is 4.79 Å². The molecule has 0 heterocycles. The van der Waals surface area contributed by atoms with Gasteiger partial charge in [-0.1, -0.05) is 41.8 Å². The molecule has 0 radical (unpaired) electrons. The first kappa shape index (κ1) is 17.9. The van der Waals surface area contributed by atoms with Crippen molar-refractivity contribution in [3.8, 4) is 12.3 Å². The summed E-state index contributed by atoms with van der Waals surface area (Å²) in [5.74, 6) is 0.536. The first-order valence-corrected chi connectivity index (χ1v) is 7.33. The van der Waals surface area contributed by atoms with Gasteiger partial charge in [0.2, 0.25) is 0 Å². The Morgan fingerprint density at radius 1 is 1.00 bits per heavy atom. The number of amides is 1. The molecule has 0 aromatic heterocycles. The summed E-state index contributed by atoms with van der Waals surface area (Å²) in [5.41, 5.74) is 1.72. The van der Waals surface area contributed by atoms with Crippen LogP contribution >= 0.6 is 11.6 Å². The van der Waals surface area contributed by atoms with E-state index in [-0.39, 0.29) is 13.1 Å². The van der Waals surface area contributed by atoms with Crippen molar-refractivity contribution in [3.63, 3.8) is 0 Å². The minimum Gasteiger partial charge on any atom is -0.326 e. The summed E-state index contributed by atoms with van der Waals surface area (Å²) < 4.78 is 38.5. The number of carbonyl (C=O) groups excluding carboxylic acids is 1. The first-order valence-electron chi connectivity index (χ1n) is 6.95. The van der Waals surface area contributed by atoms with E-state index in [1.165, 1.54) is 0 Å². The molecule has 24 heavy (non-hydrogen) atoms. The lowest BCUT2D eigenvalue weighted by Crippen LogP contribution is -2.40. The van der Waals surface area contributed by atoms with Crippen LogP contribution in [0.1, 0.15) is 16.7 Å². The Hall–Kier alpha value is -2.45. The molecule has 0 atom stereocenters. The molecule has 0 saturated heterocycles. The van der Waals surface area contributed by atoms with Crippen LogP contribution in [-0.4, -0.2) is 17.0 Å². The molecule has 2 nitrogen and oxygen atoms in total. The SMILES string of the molecule is C#Cc1ccc(CN(Cc2ccc(Cl)cc2)C(=O)C(F)(F)F)cc1. The third kappa shape index (κ3) is 4.77. The van der Waals surface area contributed by atoms with Crippen LogP contribution in [0, 0.1) is 12.3 Å². The molecule has 2 aromatic carbocycles. The highest BCUT2D eigenvalue weighted by atomic mass is 35.5. The molecular formula is C18H13ClF3NO. The Morgan fingerprint density at radius 3 is 1.88 bits per heavy atom. The quantitative estimate of drug-likeness (QED) is 0.747. The van der Waals surface area contributed by atoms with E-state index in [0.29, 0.717) is 21.7 Å². The van der Waals surface area contributed by atoms with Crippen LogP contribution in [0.25, 0.3) is 0 Å². The first-order chi connectivity index (χ1) is 11.3. The number of carbonyl (C=O) groups is 1. The van der Waals surface area contributed by atoms with E-state index in [9.17, 15) is 18.0 Å². The summed E-state index contributed by atoms with van der Waals surface area (Å²) in [5, 5.41) is 0.470. The third-order valence-corrected chi connectivity index (χ3v) is 3.56. The second-order valence-electron chi connectivity index (χ2n) is 5.13. The van der Waals surface area contributed by atoms with E-state index in [1.54, 1.807) is 48.5 Å². The lowest BCUT2D eigenvalue weighted by Gasteiger charge is -2.24. The third-order valence-electron chi connectivity index (χ3n) is 3.31. The van der Waals surface area contributed by atoms with E-state index in [1.807, 2.05) is 0 Å². The van der Waals surface area contributed by atoms with E-state index < -0.39 is 12.1 Å². The smallest absolute Gasteiger partial charge is 0.326 e. The highest BCUT2D eigenvalue weighted by Gasteiger charge is 2.42. The number of benzene rings is 2. The van der Waals surface area contributed by atoms with Gasteiger partial charge < -0.3 is 4.90 Å². The number of alkyl halides is 3. The molecule has 2 aromatic rings. The van der Waals surface area contributed by atoms with Gasteiger partial charge in [0.1, 0.15) is 0 Å². The van der Waals surface area contributed by atoms with Crippen LogP contribution in [0.2, 0.25) is 5.02 Å². The fourth-order valence-corrected chi connectivity index (χ4v) is 2.24. The Kier molecular flexibility index (Phi) is 5.53. The summed E-state index contributed by atoms with van der Waals surface area (Å²) in [6.45, 7) is -0.349. The zero-order valence-corrected chi connectivity index (χ0v) is 13.2. The van der Waals surface area contributed by atoms with Crippen molar-refractivity contribution in [1.29, 1.82) is 0 Å². The van der Waals surface area contributed by atoms with Crippen molar-refractivity contribution in [2.24, 2.45) is 0 Å².